The average Bonchev–Trinajstić information content (AvgIpc) is 3.41. The molecule has 146 valence electrons. The maximum atomic E-state index is 13.1. The SMILES string of the molecule is O=C1C(c2cccc(C(F)(F)F)c2)=C(NC2CC2)OC1Cc1ccc(F)cc1. The first kappa shape index (κ1) is 18.5. The van der Waals surface area contributed by atoms with E-state index < -0.39 is 17.8 Å². The predicted octanol–water partition coefficient (Wildman–Crippen LogP) is 4.48. The molecule has 28 heavy (non-hydrogen) atoms. The van der Waals surface area contributed by atoms with Crippen molar-refractivity contribution in [3.8, 4) is 0 Å². The van der Waals surface area contributed by atoms with Crippen LogP contribution in [0, 0.1) is 5.82 Å². The summed E-state index contributed by atoms with van der Waals surface area (Å²) in [6.07, 6.45) is -3.33. The van der Waals surface area contributed by atoms with Crippen molar-refractivity contribution in [2.24, 2.45) is 0 Å². The van der Waals surface area contributed by atoms with Crippen LogP contribution in [0.3, 0.4) is 0 Å². The molecule has 2 aliphatic rings. The quantitative estimate of drug-likeness (QED) is 0.764. The van der Waals surface area contributed by atoms with Gasteiger partial charge in [-0.25, -0.2) is 4.39 Å². The maximum Gasteiger partial charge on any atom is 0.416 e. The highest BCUT2D eigenvalue weighted by molar-refractivity contribution is 6.25. The summed E-state index contributed by atoms with van der Waals surface area (Å²) in [4.78, 5) is 13.0. The molecule has 1 heterocycles. The van der Waals surface area contributed by atoms with E-state index in [-0.39, 0.29) is 41.1 Å². The molecule has 3 nitrogen and oxygen atoms in total. The largest absolute Gasteiger partial charge is 0.467 e. The molecular formula is C21H17F4NO2. The van der Waals surface area contributed by atoms with Crippen LogP contribution in [-0.4, -0.2) is 17.9 Å². The highest BCUT2D eigenvalue weighted by Crippen LogP contribution is 2.36. The number of hydrogen-bond donors (Lipinski definition) is 1. The standard InChI is InChI=1S/C21H17F4NO2/c22-15-6-4-12(5-7-15)10-17-19(27)18(20(28-17)26-16-8-9-16)13-2-1-3-14(11-13)21(23,24)25/h1-7,11,16-17,26H,8-10H2. The number of Topliss-reactive ketones (excluding diaryl/α,β-unsaturated/α-hetero) is 1. The van der Waals surface area contributed by atoms with Crippen LogP contribution < -0.4 is 5.32 Å². The van der Waals surface area contributed by atoms with Crippen LogP contribution in [0.2, 0.25) is 0 Å². The summed E-state index contributed by atoms with van der Waals surface area (Å²) in [6, 6.07) is 10.5. The van der Waals surface area contributed by atoms with Gasteiger partial charge in [0, 0.05) is 12.5 Å². The van der Waals surface area contributed by atoms with Gasteiger partial charge in [-0.1, -0.05) is 24.3 Å². The molecule has 1 N–H and O–H groups in total. The Morgan fingerprint density at radius 2 is 1.79 bits per heavy atom. The molecule has 1 fully saturated rings. The molecule has 7 heteroatoms. The lowest BCUT2D eigenvalue weighted by molar-refractivity contribution is -0.137. The van der Waals surface area contributed by atoms with Crippen LogP contribution in [0.5, 0.6) is 0 Å². The third kappa shape index (κ3) is 3.88. The van der Waals surface area contributed by atoms with E-state index in [0.29, 0.717) is 5.56 Å². The van der Waals surface area contributed by atoms with E-state index in [1.165, 1.54) is 24.3 Å². The zero-order chi connectivity index (χ0) is 19.9. The number of alkyl halides is 3. The van der Waals surface area contributed by atoms with Crippen LogP contribution in [-0.2, 0) is 22.1 Å². The molecule has 0 amide bonds. The summed E-state index contributed by atoms with van der Waals surface area (Å²) in [6.45, 7) is 0. The summed E-state index contributed by atoms with van der Waals surface area (Å²) in [5.41, 5.74) is 0.184. The van der Waals surface area contributed by atoms with Crippen molar-refractivity contribution < 1.29 is 27.1 Å². The third-order valence-corrected chi connectivity index (χ3v) is 4.75. The van der Waals surface area contributed by atoms with E-state index in [1.54, 1.807) is 12.1 Å². The number of ether oxygens (including phenoxy) is 1. The summed E-state index contributed by atoms with van der Waals surface area (Å²) in [5.74, 6) is -0.549. The number of carbonyl (C=O) groups excluding carboxylic acids is 1. The van der Waals surface area contributed by atoms with Crippen LogP contribution >= 0.6 is 0 Å². The molecule has 0 bridgehead atoms. The smallest absolute Gasteiger partial charge is 0.416 e. The molecule has 0 aromatic heterocycles. The molecule has 1 aliphatic carbocycles. The van der Waals surface area contributed by atoms with Crippen molar-refractivity contribution in [3.05, 3.63) is 76.9 Å². The Morgan fingerprint density at radius 1 is 1.07 bits per heavy atom. The van der Waals surface area contributed by atoms with Gasteiger partial charge in [-0.15, -0.1) is 0 Å². The van der Waals surface area contributed by atoms with Gasteiger partial charge in [0.05, 0.1) is 11.1 Å². The molecule has 1 aliphatic heterocycles. The van der Waals surface area contributed by atoms with Crippen LogP contribution in [0.25, 0.3) is 5.57 Å². The summed E-state index contributed by atoms with van der Waals surface area (Å²) < 4.78 is 58.2. The minimum absolute atomic E-state index is 0.130. The maximum absolute atomic E-state index is 13.1. The van der Waals surface area contributed by atoms with Crippen molar-refractivity contribution >= 4 is 11.4 Å². The summed E-state index contributed by atoms with van der Waals surface area (Å²) in [5, 5.41) is 3.11. The predicted molar refractivity (Wildman–Crippen MR) is 94.5 cm³/mol. The Morgan fingerprint density at radius 3 is 2.43 bits per heavy atom. The van der Waals surface area contributed by atoms with Crippen LogP contribution in [0.4, 0.5) is 17.6 Å². The monoisotopic (exact) mass is 391 g/mol. The molecule has 0 saturated heterocycles. The summed E-state index contributed by atoms with van der Waals surface area (Å²) in [7, 11) is 0. The van der Waals surface area contributed by atoms with Gasteiger partial charge in [0.1, 0.15) is 5.82 Å². The first-order chi connectivity index (χ1) is 13.3. The number of hydrogen-bond acceptors (Lipinski definition) is 3. The Hall–Kier alpha value is -2.83. The van der Waals surface area contributed by atoms with E-state index in [1.807, 2.05) is 0 Å². The van der Waals surface area contributed by atoms with Crippen molar-refractivity contribution in [1.29, 1.82) is 0 Å². The lowest BCUT2D eigenvalue weighted by Crippen LogP contribution is -2.22. The first-order valence-corrected chi connectivity index (χ1v) is 8.95. The van der Waals surface area contributed by atoms with Gasteiger partial charge in [-0.3, -0.25) is 4.79 Å². The molecule has 4 rings (SSSR count). The van der Waals surface area contributed by atoms with E-state index in [0.717, 1.165) is 25.0 Å². The molecule has 1 saturated carbocycles. The molecule has 2 aromatic carbocycles. The van der Waals surface area contributed by atoms with Gasteiger partial charge in [-0.05, 0) is 48.2 Å². The highest BCUT2D eigenvalue weighted by atomic mass is 19.4. The fourth-order valence-electron chi connectivity index (χ4n) is 3.14. The number of carbonyl (C=O) groups is 1. The lowest BCUT2D eigenvalue weighted by atomic mass is 9.96. The van der Waals surface area contributed by atoms with E-state index >= 15 is 0 Å². The van der Waals surface area contributed by atoms with Gasteiger partial charge in [0.25, 0.3) is 0 Å². The van der Waals surface area contributed by atoms with E-state index in [2.05, 4.69) is 5.32 Å². The minimum atomic E-state index is -4.50. The fourth-order valence-corrected chi connectivity index (χ4v) is 3.14. The van der Waals surface area contributed by atoms with Gasteiger partial charge in [0.2, 0.25) is 5.78 Å². The second kappa shape index (κ2) is 6.96. The molecular weight excluding hydrogens is 374 g/mol. The Balaban J connectivity index is 1.64. The number of ketones is 1. The zero-order valence-corrected chi connectivity index (χ0v) is 14.7. The van der Waals surface area contributed by atoms with Crippen molar-refractivity contribution in [2.45, 2.75) is 37.6 Å². The minimum Gasteiger partial charge on any atom is -0.467 e. The number of halogens is 4. The number of nitrogens with one attached hydrogen (secondary N) is 1. The third-order valence-electron chi connectivity index (χ3n) is 4.75. The van der Waals surface area contributed by atoms with Gasteiger partial charge < -0.3 is 10.1 Å². The lowest BCUT2D eigenvalue weighted by Gasteiger charge is -2.12. The van der Waals surface area contributed by atoms with Crippen LogP contribution in [0.15, 0.2) is 54.4 Å². The van der Waals surface area contributed by atoms with E-state index in [9.17, 15) is 22.4 Å². The first-order valence-electron chi connectivity index (χ1n) is 8.95. The van der Waals surface area contributed by atoms with Gasteiger partial charge >= 0.3 is 6.18 Å². The van der Waals surface area contributed by atoms with Crippen molar-refractivity contribution in [1.82, 2.24) is 5.32 Å². The zero-order valence-electron chi connectivity index (χ0n) is 14.7. The Labute approximate surface area is 159 Å². The average molecular weight is 391 g/mol. The molecule has 0 spiro atoms. The molecule has 1 atom stereocenters. The van der Waals surface area contributed by atoms with Gasteiger partial charge in [-0.2, -0.15) is 13.2 Å². The number of rotatable bonds is 5. The second-order valence-electron chi connectivity index (χ2n) is 7.00. The Bertz CT molecular complexity index is 930. The second-order valence-corrected chi connectivity index (χ2v) is 7.00. The molecule has 1 unspecified atom stereocenters. The number of benzene rings is 2. The van der Waals surface area contributed by atoms with Gasteiger partial charge in [0.15, 0.2) is 12.0 Å². The highest BCUT2D eigenvalue weighted by Gasteiger charge is 2.39. The molecule has 0 radical (unpaired) electrons. The van der Waals surface area contributed by atoms with Crippen LogP contribution in [0.1, 0.15) is 29.5 Å². The Kier molecular flexibility index (Phi) is 4.61. The fraction of sp³-hybridized carbons (Fsp3) is 0.286. The van der Waals surface area contributed by atoms with Crippen molar-refractivity contribution in [2.75, 3.05) is 0 Å². The van der Waals surface area contributed by atoms with Crippen molar-refractivity contribution in [3.63, 3.8) is 0 Å². The summed E-state index contributed by atoms with van der Waals surface area (Å²) >= 11 is 0. The topological polar surface area (TPSA) is 38.3 Å². The van der Waals surface area contributed by atoms with E-state index in [4.69, 9.17) is 4.74 Å². The normalized spacial score (nSPS) is 19.7. The molecule has 2 aromatic rings.